The first kappa shape index (κ1) is 20.1. The number of carbonyl (C=O) groups excluding carboxylic acids is 1. The summed E-state index contributed by atoms with van der Waals surface area (Å²) in [6.45, 7) is 0. The first-order valence-electron chi connectivity index (χ1n) is 11.5. The lowest BCUT2D eigenvalue weighted by molar-refractivity contribution is -0.108. The minimum atomic E-state index is 0.00820. The van der Waals surface area contributed by atoms with Gasteiger partial charge in [0.2, 0.25) is 0 Å². The summed E-state index contributed by atoms with van der Waals surface area (Å²) >= 11 is 0. The van der Waals surface area contributed by atoms with Gasteiger partial charge in [-0.25, -0.2) is 0 Å². The van der Waals surface area contributed by atoms with Crippen molar-refractivity contribution in [2.24, 2.45) is 0 Å². The third kappa shape index (κ3) is 4.00. The third-order valence-corrected chi connectivity index (χ3v) is 6.36. The van der Waals surface area contributed by atoms with E-state index >= 15 is 0 Å². The molecule has 4 aromatic carbocycles. The second-order valence-corrected chi connectivity index (χ2v) is 8.69. The molecule has 0 saturated heterocycles. The van der Waals surface area contributed by atoms with Gasteiger partial charge < -0.3 is 0 Å². The van der Waals surface area contributed by atoms with E-state index in [0.29, 0.717) is 11.1 Å². The molecule has 4 aromatic rings. The Bertz CT molecular complexity index is 1730. The number of Topliss-reactive ketones (excluding diaryl/α,β-unsaturated/α-hetero) is 1. The second kappa shape index (κ2) is 8.46. The SMILES string of the molecule is O=C(C1=c2ccc(cc2)=CC=c2ccc(cc2)=C1)C1=c2ccc(cc2)=CC=c2ccc(cc2)=C1. The third-order valence-electron chi connectivity index (χ3n) is 6.36. The highest BCUT2D eigenvalue weighted by molar-refractivity contribution is 6.46. The standard InChI is InChI=1S/C33H22O/c34-33(31-21-27-9-5-23(6-10-27)1-3-25-13-17-29(31)18-14-25)32-22-28-11-7-24(8-12-28)2-4-26-15-19-30(32)20-16-26/h1-22H. The van der Waals surface area contributed by atoms with E-state index < -0.39 is 0 Å². The molecule has 0 amide bonds. The molecule has 0 fully saturated rings. The zero-order valence-corrected chi connectivity index (χ0v) is 18.6. The van der Waals surface area contributed by atoms with Crippen molar-refractivity contribution in [1.29, 1.82) is 0 Å². The van der Waals surface area contributed by atoms with Gasteiger partial charge >= 0.3 is 0 Å². The van der Waals surface area contributed by atoms with E-state index in [1.54, 1.807) is 0 Å². The number of ketones is 1. The lowest BCUT2D eigenvalue weighted by atomic mass is 9.96. The van der Waals surface area contributed by atoms with Crippen molar-refractivity contribution in [2.75, 3.05) is 0 Å². The number of hydrogen-bond donors (Lipinski definition) is 0. The summed E-state index contributed by atoms with van der Waals surface area (Å²) < 4.78 is 0. The Kier molecular flexibility index (Phi) is 5.01. The molecule has 1 heteroatoms. The fraction of sp³-hybridized carbons (Fsp3) is 0. The van der Waals surface area contributed by atoms with E-state index in [9.17, 15) is 4.79 Å². The monoisotopic (exact) mass is 434 g/mol. The van der Waals surface area contributed by atoms with Gasteiger partial charge in [-0.05, 0) is 53.9 Å². The van der Waals surface area contributed by atoms with Crippen molar-refractivity contribution in [2.45, 2.75) is 0 Å². The Hall–Kier alpha value is -4.49. The van der Waals surface area contributed by atoms with Crippen molar-refractivity contribution >= 4 is 53.4 Å². The fourth-order valence-corrected chi connectivity index (χ4v) is 4.38. The summed E-state index contributed by atoms with van der Waals surface area (Å²) in [7, 11) is 0. The van der Waals surface area contributed by atoms with Crippen molar-refractivity contribution in [3.63, 3.8) is 0 Å². The van der Waals surface area contributed by atoms with Gasteiger partial charge in [-0.2, -0.15) is 0 Å². The van der Waals surface area contributed by atoms with Crippen molar-refractivity contribution in [1.82, 2.24) is 0 Å². The van der Waals surface area contributed by atoms with E-state index in [1.807, 2.05) is 36.4 Å². The molecule has 0 aliphatic heterocycles. The van der Waals surface area contributed by atoms with Crippen LogP contribution in [0.25, 0.3) is 47.6 Å². The molecule has 0 aromatic heterocycles. The van der Waals surface area contributed by atoms with Gasteiger partial charge in [0.05, 0.1) is 0 Å². The fourth-order valence-electron chi connectivity index (χ4n) is 4.38. The van der Waals surface area contributed by atoms with E-state index in [1.165, 1.54) is 0 Å². The average Bonchev–Trinajstić information content (AvgIpc) is 2.87. The molecule has 0 N–H and O–H groups in total. The second-order valence-electron chi connectivity index (χ2n) is 8.69. The van der Waals surface area contributed by atoms with Crippen molar-refractivity contribution in [3.05, 3.63) is 139 Å². The molecule has 8 bridgehead atoms. The number of rotatable bonds is 2. The number of benzene rings is 4. The van der Waals surface area contributed by atoms with Crippen LogP contribution in [0.15, 0.2) is 97.1 Å². The molecule has 160 valence electrons. The molecule has 0 saturated carbocycles. The van der Waals surface area contributed by atoms with Gasteiger partial charge in [0, 0.05) is 11.1 Å². The average molecular weight is 435 g/mol. The predicted molar refractivity (Wildman–Crippen MR) is 141 cm³/mol. The molecule has 8 aliphatic carbocycles. The minimum absolute atomic E-state index is 0.00820. The number of carbonyl (C=O) groups is 1. The molecule has 12 rings (SSSR count). The highest BCUT2D eigenvalue weighted by Gasteiger charge is 2.13. The molecular formula is C33H22O. The van der Waals surface area contributed by atoms with E-state index in [0.717, 1.165) is 41.7 Å². The largest absolute Gasteiger partial charge is 0.289 e. The van der Waals surface area contributed by atoms with Crippen LogP contribution in [0.2, 0.25) is 0 Å². The van der Waals surface area contributed by atoms with Crippen LogP contribution < -0.4 is 41.7 Å². The zero-order chi connectivity index (χ0) is 22.9. The Morgan fingerprint density at radius 2 is 0.618 bits per heavy atom. The van der Waals surface area contributed by atoms with Crippen LogP contribution >= 0.6 is 0 Å². The molecule has 0 atom stereocenters. The summed E-state index contributed by atoms with van der Waals surface area (Å²) in [6.07, 6.45) is 12.4. The molecule has 1 nitrogen and oxygen atoms in total. The molecule has 0 spiro atoms. The molecule has 0 radical (unpaired) electrons. The Balaban J connectivity index is 1.68. The van der Waals surface area contributed by atoms with Crippen LogP contribution in [0.3, 0.4) is 0 Å². The predicted octanol–water partition coefficient (Wildman–Crippen LogP) is 0.368. The highest BCUT2D eigenvalue weighted by Crippen LogP contribution is 2.10. The first-order chi connectivity index (χ1) is 16.7. The zero-order valence-electron chi connectivity index (χ0n) is 18.6. The first-order valence-corrected chi connectivity index (χ1v) is 11.5. The highest BCUT2D eigenvalue weighted by atomic mass is 16.1. The molecule has 0 unspecified atom stereocenters. The Morgan fingerprint density at radius 1 is 0.353 bits per heavy atom. The van der Waals surface area contributed by atoms with Gasteiger partial charge in [0.25, 0.3) is 0 Å². The van der Waals surface area contributed by atoms with Gasteiger partial charge in [0.15, 0.2) is 5.78 Å². The van der Waals surface area contributed by atoms with Gasteiger partial charge in [-0.3, -0.25) is 4.79 Å². The maximum absolute atomic E-state index is 14.2. The van der Waals surface area contributed by atoms with Crippen LogP contribution in [-0.4, -0.2) is 5.78 Å². The molecular weight excluding hydrogens is 412 g/mol. The minimum Gasteiger partial charge on any atom is -0.289 e. The van der Waals surface area contributed by atoms with E-state index in [-0.39, 0.29) is 5.78 Å². The summed E-state index contributed by atoms with van der Waals surface area (Å²) in [6, 6.07) is 33.0. The van der Waals surface area contributed by atoms with Gasteiger partial charge in [-0.15, -0.1) is 0 Å². The number of hydrogen-bond acceptors (Lipinski definition) is 1. The quantitative estimate of drug-likeness (QED) is 0.446. The Morgan fingerprint density at radius 3 is 0.941 bits per heavy atom. The smallest absolute Gasteiger partial charge is 0.194 e. The summed E-state index contributed by atoms with van der Waals surface area (Å²) in [5.41, 5.74) is 1.37. The summed E-state index contributed by atoms with van der Waals surface area (Å²) in [4.78, 5) is 14.2. The summed E-state index contributed by atoms with van der Waals surface area (Å²) in [5.74, 6) is 0.00820. The van der Waals surface area contributed by atoms with Gasteiger partial charge in [-0.1, -0.05) is 121 Å². The molecule has 0 heterocycles. The van der Waals surface area contributed by atoms with Crippen LogP contribution in [-0.2, 0) is 4.79 Å². The van der Waals surface area contributed by atoms with E-state index in [2.05, 4.69) is 97.1 Å². The van der Waals surface area contributed by atoms with Crippen LogP contribution in [0.4, 0.5) is 0 Å². The normalized spacial score (nSPS) is 13.5. The molecule has 8 aliphatic rings. The van der Waals surface area contributed by atoms with E-state index in [4.69, 9.17) is 0 Å². The molecule has 34 heavy (non-hydrogen) atoms. The van der Waals surface area contributed by atoms with Crippen molar-refractivity contribution in [3.8, 4) is 0 Å². The Labute approximate surface area is 197 Å². The van der Waals surface area contributed by atoms with Gasteiger partial charge in [0.1, 0.15) is 0 Å². The lowest BCUT2D eigenvalue weighted by Crippen LogP contribution is -2.23. The van der Waals surface area contributed by atoms with Crippen LogP contribution in [0.5, 0.6) is 0 Å². The van der Waals surface area contributed by atoms with Crippen LogP contribution in [0.1, 0.15) is 0 Å². The lowest BCUT2D eigenvalue weighted by Gasteiger charge is -2.06. The summed E-state index contributed by atoms with van der Waals surface area (Å²) in [5, 5.41) is 8.31. The topological polar surface area (TPSA) is 17.1 Å². The van der Waals surface area contributed by atoms with Crippen molar-refractivity contribution < 1.29 is 4.79 Å². The van der Waals surface area contributed by atoms with Crippen LogP contribution in [0, 0.1) is 0 Å². The maximum atomic E-state index is 14.2. The maximum Gasteiger partial charge on any atom is 0.194 e.